The number of hydrogen-bond acceptors (Lipinski definition) is 3. The van der Waals surface area contributed by atoms with E-state index in [1.165, 1.54) is 4.90 Å². The van der Waals surface area contributed by atoms with E-state index in [2.05, 4.69) is 0 Å². The quantitative estimate of drug-likeness (QED) is 0.792. The molecule has 7 heteroatoms. The van der Waals surface area contributed by atoms with Gasteiger partial charge in [0.15, 0.2) is 5.60 Å². The van der Waals surface area contributed by atoms with Gasteiger partial charge in [-0.1, -0.05) is 0 Å². The van der Waals surface area contributed by atoms with Gasteiger partial charge in [0.25, 0.3) is 0 Å². The van der Waals surface area contributed by atoms with Gasteiger partial charge >= 0.3 is 12.1 Å². The lowest BCUT2D eigenvalue weighted by atomic mass is 9.96. The minimum Gasteiger partial charge on any atom is -0.479 e. The van der Waals surface area contributed by atoms with Crippen molar-refractivity contribution in [2.45, 2.75) is 31.5 Å². The zero-order valence-electron chi connectivity index (χ0n) is 9.50. The molecule has 100 valence electrons. The Morgan fingerprint density at radius 1 is 1.47 bits per heavy atom. The summed E-state index contributed by atoms with van der Waals surface area (Å²) in [5.74, 6) is -2.85. The van der Waals surface area contributed by atoms with E-state index >= 15 is 0 Å². The molecule has 2 unspecified atom stereocenters. The molecule has 17 heavy (non-hydrogen) atoms. The molecule has 2 N–H and O–H groups in total. The highest BCUT2D eigenvalue weighted by Gasteiger charge is 2.43. The van der Waals surface area contributed by atoms with Gasteiger partial charge in [0.05, 0.1) is 5.92 Å². The van der Waals surface area contributed by atoms with E-state index in [1.54, 1.807) is 0 Å². The fourth-order valence-electron chi connectivity index (χ4n) is 1.97. The summed E-state index contributed by atoms with van der Waals surface area (Å²) in [4.78, 5) is 12.0. The van der Waals surface area contributed by atoms with Crippen LogP contribution in [0.2, 0.25) is 0 Å². The van der Waals surface area contributed by atoms with Gasteiger partial charge in [0, 0.05) is 13.1 Å². The van der Waals surface area contributed by atoms with Crippen LogP contribution in [0.5, 0.6) is 0 Å². The molecule has 0 saturated carbocycles. The number of carboxylic acids is 1. The summed E-state index contributed by atoms with van der Waals surface area (Å²) in [7, 11) is 0. The highest BCUT2D eigenvalue weighted by Crippen LogP contribution is 2.33. The number of halogens is 3. The van der Waals surface area contributed by atoms with Gasteiger partial charge in [-0.15, -0.1) is 0 Å². The van der Waals surface area contributed by atoms with Gasteiger partial charge < -0.3 is 10.2 Å². The first kappa shape index (κ1) is 14.2. The largest absolute Gasteiger partial charge is 0.479 e. The first-order valence-electron chi connectivity index (χ1n) is 5.38. The van der Waals surface area contributed by atoms with Gasteiger partial charge in [-0.3, -0.25) is 4.90 Å². The number of carboxylic acid groups (broad SMARTS) is 1. The highest BCUT2D eigenvalue weighted by molar-refractivity contribution is 5.76. The Morgan fingerprint density at radius 3 is 2.53 bits per heavy atom. The van der Waals surface area contributed by atoms with Crippen LogP contribution in [0.4, 0.5) is 13.2 Å². The summed E-state index contributed by atoms with van der Waals surface area (Å²) in [6.45, 7) is 0.949. The minimum atomic E-state index is -4.26. The number of carbonyl (C=O) groups is 1. The molecule has 0 aromatic heterocycles. The van der Waals surface area contributed by atoms with E-state index in [0.717, 1.165) is 6.92 Å². The van der Waals surface area contributed by atoms with Gasteiger partial charge in [-0.05, 0) is 26.3 Å². The monoisotopic (exact) mass is 255 g/mol. The van der Waals surface area contributed by atoms with Crippen molar-refractivity contribution in [1.29, 1.82) is 0 Å². The Hall–Kier alpha value is -0.820. The minimum absolute atomic E-state index is 0.0647. The maximum absolute atomic E-state index is 12.5. The Morgan fingerprint density at radius 2 is 2.06 bits per heavy atom. The van der Waals surface area contributed by atoms with Crippen LogP contribution in [0.1, 0.15) is 19.8 Å². The molecular weight excluding hydrogens is 239 g/mol. The predicted octanol–water partition coefficient (Wildman–Crippen LogP) is 1.10. The molecule has 2 atom stereocenters. The number of β-amino-alcohol motifs (C(OH)–C–C–N with tert-alkyl or cyclic N) is 1. The third-order valence-electron chi connectivity index (χ3n) is 2.96. The average Bonchev–Trinajstić information content (AvgIpc) is 2.15. The first-order chi connectivity index (χ1) is 7.63. The molecule has 0 amide bonds. The summed E-state index contributed by atoms with van der Waals surface area (Å²) in [5.41, 5.74) is -2.01. The van der Waals surface area contributed by atoms with E-state index in [1.807, 2.05) is 0 Å². The second kappa shape index (κ2) is 4.81. The number of alkyl halides is 3. The van der Waals surface area contributed by atoms with Crippen molar-refractivity contribution in [3.63, 3.8) is 0 Å². The van der Waals surface area contributed by atoms with Crippen LogP contribution in [-0.4, -0.2) is 52.5 Å². The molecule has 1 fully saturated rings. The molecule has 0 aromatic rings. The van der Waals surface area contributed by atoms with Crippen molar-refractivity contribution < 1.29 is 28.2 Å². The molecule has 1 aliphatic heterocycles. The Balaban J connectivity index is 2.59. The lowest BCUT2D eigenvalue weighted by molar-refractivity contribution is -0.189. The molecule has 0 bridgehead atoms. The van der Waals surface area contributed by atoms with Gasteiger partial charge in [0.1, 0.15) is 0 Å². The highest BCUT2D eigenvalue weighted by atomic mass is 19.4. The molecule has 0 aromatic carbocycles. The topological polar surface area (TPSA) is 60.8 Å². The maximum atomic E-state index is 12.5. The van der Waals surface area contributed by atoms with Crippen molar-refractivity contribution in [3.05, 3.63) is 0 Å². The maximum Gasteiger partial charge on any atom is 0.393 e. The van der Waals surface area contributed by atoms with E-state index in [4.69, 9.17) is 5.11 Å². The van der Waals surface area contributed by atoms with Crippen LogP contribution in [-0.2, 0) is 4.79 Å². The third-order valence-corrected chi connectivity index (χ3v) is 2.96. The van der Waals surface area contributed by atoms with Crippen LogP contribution in [0.15, 0.2) is 0 Å². The van der Waals surface area contributed by atoms with Gasteiger partial charge in [0.2, 0.25) is 0 Å². The second-order valence-electron chi connectivity index (χ2n) is 4.69. The number of aliphatic hydroxyl groups is 1. The summed E-state index contributed by atoms with van der Waals surface area (Å²) in [6, 6.07) is 0. The van der Waals surface area contributed by atoms with E-state index in [9.17, 15) is 23.1 Å². The fourth-order valence-corrected chi connectivity index (χ4v) is 1.97. The number of aliphatic carboxylic acids is 1. The first-order valence-corrected chi connectivity index (χ1v) is 5.38. The number of nitrogens with zero attached hydrogens (tertiary/aromatic N) is 1. The Labute approximate surface area is 97.0 Å². The summed E-state index contributed by atoms with van der Waals surface area (Å²) in [6.07, 6.45) is -3.83. The molecule has 1 heterocycles. The zero-order valence-corrected chi connectivity index (χ0v) is 9.50. The van der Waals surface area contributed by atoms with Crippen LogP contribution in [0.25, 0.3) is 0 Å². The molecule has 0 spiro atoms. The number of likely N-dealkylation sites (tertiary alicyclic amines) is 1. The van der Waals surface area contributed by atoms with Crippen molar-refractivity contribution >= 4 is 5.97 Å². The van der Waals surface area contributed by atoms with Crippen molar-refractivity contribution in [3.8, 4) is 0 Å². The van der Waals surface area contributed by atoms with Crippen LogP contribution in [0, 0.1) is 5.92 Å². The lowest BCUT2D eigenvalue weighted by Crippen LogP contribution is -2.51. The van der Waals surface area contributed by atoms with Crippen molar-refractivity contribution in [2.24, 2.45) is 5.92 Å². The lowest BCUT2D eigenvalue weighted by Gasteiger charge is -2.36. The average molecular weight is 255 g/mol. The molecular formula is C10H16F3NO3. The number of piperidine rings is 1. The van der Waals surface area contributed by atoms with Crippen LogP contribution >= 0.6 is 0 Å². The third kappa shape index (κ3) is 3.85. The standard InChI is InChI=1S/C10H16F3NO3/c1-9(17,8(15)16)6-14-4-2-3-7(5-14)10(11,12)13/h7,17H,2-6H2,1H3,(H,15,16). The Kier molecular flexibility index (Phi) is 4.03. The summed E-state index contributed by atoms with van der Waals surface area (Å²) in [5, 5.41) is 18.2. The Bertz CT molecular complexity index is 291. The molecule has 1 aliphatic rings. The van der Waals surface area contributed by atoms with Gasteiger partial charge in [-0.25, -0.2) is 4.79 Å². The SMILES string of the molecule is CC(O)(CN1CCCC(C(F)(F)F)C1)C(=O)O. The second-order valence-corrected chi connectivity index (χ2v) is 4.69. The van der Waals surface area contributed by atoms with Crippen molar-refractivity contribution in [1.82, 2.24) is 4.90 Å². The molecule has 0 aliphatic carbocycles. The molecule has 1 saturated heterocycles. The number of hydrogen-bond donors (Lipinski definition) is 2. The van der Waals surface area contributed by atoms with E-state index < -0.39 is 23.7 Å². The number of rotatable bonds is 3. The fraction of sp³-hybridized carbons (Fsp3) is 0.900. The van der Waals surface area contributed by atoms with Gasteiger partial charge in [-0.2, -0.15) is 13.2 Å². The summed E-state index contributed by atoms with van der Waals surface area (Å²) >= 11 is 0. The predicted molar refractivity (Wildman–Crippen MR) is 53.5 cm³/mol. The molecule has 0 radical (unpaired) electrons. The normalized spacial score (nSPS) is 26.5. The smallest absolute Gasteiger partial charge is 0.393 e. The molecule has 1 rings (SSSR count). The van der Waals surface area contributed by atoms with E-state index in [0.29, 0.717) is 13.0 Å². The summed E-state index contributed by atoms with van der Waals surface area (Å²) < 4.78 is 37.5. The van der Waals surface area contributed by atoms with Crippen LogP contribution < -0.4 is 0 Å². The van der Waals surface area contributed by atoms with Crippen molar-refractivity contribution in [2.75, 3.05) is 19.6 Å². The van der Waals surface area contributed by atoms with Crippen LogP contribution in [0.3, 0.4) is 0 Å². The molecule has 4 nitrogen and oxygen atoms in total. The zero-order chi connectivity index (χ0) is 13.3. The van der Waals surface area contributed by atoms with E-state index in [-0.39, 0.29) is 19.5 Å².